The first kappa shape index (κ1) is 13.4. The van der Waals surface area contributed by atoms with Crippen molar-refractivity contribution < 1.29 is 4.79 Å². The number of rotatable bonds is 4. The number of hydrogen-bond donors (Lipinski definition) is 0. The molecular formula is C14H24OSi. The van der Waals surface area contributed by atoms with Gasteiger partial charge in [0.2, 0.25) is 0 Å². The molecule has 1 atom stereocenters. The van der Waals surface area contributed by atoms with Crippen molar-refractivity contribution in [2.75, 3.05) is 0 Å². The second kappa shape index (κ2) is 4.70. The molecule has 0 fully saturated rings. The Morgan fingerprint density at radius 3 is 2.44 bits per heavy atom. The summed E-state index contributed by atoms with van der Waals surface area (Å²) in [5.41, 5.74) is 1.34. The Bertz CT molecular complexity index is 333. The summed E-state index contributed by atoms with van der Waals surface area (Å²) in [6.45, 7) is 11.4. The molecule has 1 aliphatic rings. The van der Waals surface area contributed by atoms with Gasteiger partial charge in [-0.1, -0.05) is 44.3 Å². The molecule has 0 unspecified atom stereocenters. The van der Waals surface area contributed by atoms with Gasteiger partial charge in [0.05, 0.1) is 0 Å². The standard InChI is InChI=1S/C14H24OSi/c1-12-10-13(15)11-14(12,2)8-6-7-9-16(3,4)5/h6-7,10H,8-9,11H2,1-5H3/b7-6-/t14-/m0/s1. The minimum absolute atomic E-state index is 0.0903. The van der Waals surface area contributed by atoms with E-state index in [1.165, 1.54) is 11.6 Å². The van der Waals surface area contributed by atoms with Crippen LogP contribution in [-0.2, 0) is 4.79 Å². The predicted octanol–water partition coefficient (Wildman–Crippen LogP) is 4.20. The zero-order chi connectivity index (χ0) is 12.4. The van der Waals surface area contributed by atoms with Crippen LogP contribution in [0.2, 0.25) is 25.7 Å². The molecule has 0 N–H and O–H groups in total. The van der Waals surface area contributed by atoms with Gasteiger partial charge in [-0.25, -0.2) is 0 Å². The van der Waals surface area contributed by atoms with Crippen LogP contribution < -0.4 is 0 Å². The van der Waals surface area contributed by atoms with Gasteiger partial charge in [-0.2, -0.15) is 0 Å². The zero-order valence-electron chi connectivity index (χ0n) is 11.3. The monoisotopic (exact) mass is 236 g/mol. The fourth-order valence-corrected chi connectivity index (χ4v) is 2.88. The largest absolute Gasteiger partial charge is 0.295 e. The molecule has 0 aliphatic heterocycles. The van der Waals surface area contributed by atoms with Crippen LogP contribution in [0.15, 0.2) is 23.8 Å². The Morgan fingerprint density at radius 1 is 1.38 bits per heavy atom. The predicted molar refractivity (Wildman–Crippen MR) is 73.4 cm³/mol. The van der Waals surface area contributed by atoms with Gasteiger partial charge in [0, 0.05) is 14.5 Å². The van der Waals surface area contributed by atoms with Crippen LogP contribution in [0.5, 0.6) is 0 Å². The lowest BCUT2D eigenvalue weighted by Gasteiger charge is -2.23. The Balaban J connectivity index is 2.50. The van der Waals surface area contributed by atoms with Gasteiger partial charge < -0.3 is 0 Å². The Kier molecular flexibility index (Phi) is 3.95. The first-order chi connectivity index (χ1) is 7.23. The van der Waals surface area contributed by atoms with Crippen LogP contribution in [0.3, 0.4) is 0 Å². The number of hydrogen-bond acceptors (Lipinski definition) is 1. The second-order valence-electron chi connectivity index (χ2n) is 6.47. The van der Waals surface area contributed by atoms with Crippen LogP contribution in [0.25, 0.3) is 0 Å². The third-order valence-electron chi connectivity index (χ3n) is 3.36. The quantitative estimate of drug-likeness (QED) is 0.528. The third kappa shape index (κ3) is 3.74. The van der Waals surface area contributed by atoms with Crippen molar-refractivity contribution in [3.63, 3.8) is 0 Å². The van der Waals surface area contributed by atoms with E-state index in [4.69, 9.17) is 0 Å². The summed E-state index contributed by atoms with van der Waals surface area (Å²) in [6.07, 6.45) is 8.09. The average Bonchev–Trinajstić information content (AvgIpc) is 2.34. The molecule has 1 aliphatic carbocycles. The Morgan fingerprint density at radius 2 is 2.00 bits per heavy atom. The fraction of sp³-hybridized carbons (Fsp3) is 0.643. The van der Waals surface area contributed by atoms with E-state index in [0.717, 1.165) is 6.42 Å². The molecule has 16 heavy (non-hydrogen) atoms. The van der Waals surface area contributed by atoms with Crippen LogP contribution in [0.1, 0.15) is 26.7 Å². The maximum atomic E-state index is 11.4. The number of allylic oxidation sites excluding steroid dienone is 4. The molecule has 0 bridgehead atoms. The molecule has 0 saturated carbocycles. The Hall–Kier alpha value is -0.633. The normalized spacial score (nSPS) is 26.6. The first-order valence-electron chi connectivity index (χ1n) is 6.10. The van der Waals surface area contributed by atoms with Crippen molar-refractivity contribution in [1.29, 1.82) is 0 Å². The highest BCUT2D eigenvalue weighted by atomic mass is 28.3. The molecule has 0 aromatic heterocycles. The summed E-state index contributed by atoms with van der Waals surface area (Å²) in [6, 6.07) is 1.24. The van der Waals surface area contributed by atoms with Gasteiger partial charge in [-0.15, -0.1) is 0 Å². The van der Waals surface area contributed by atoms with E-state index in [1.807, 2.05) is 6.08 Å². The molecule has 0 spiro atoms. The summed E-state index contributed by atoms with van der Waals surface area (Å²) in [5, 5.41) is 0. The topological polar surface area (TPSA) is 17.1 Å². The van der Waals surface area contributed by atoms with Gasteiger partial charge in [0.25, 0.3) is 0 Å². The molecule has 1 nitrogen and oxygen atoms in total. The van der Waals surface area contributed by atoms with Gasteiger partial charge in [0.1, 0.15) is 0 Å². The number of ketones is 1. The number of carbonyl (C=O) groups is 1. The van der Waals surface area contributed by atoms with Crippen LogP contribution >= 0.6 is 0 Å². The Labute approximate surface area is 101 Å². The van der Waals surface area contributed by atoms with E-state index in [9.17, 15) is 4.79 Å². The average molecular weight is 236 g/mol. The lowest BCUT2D eigenvalue weighted by molar-refractivity contribution is -0.115. The molecule has 2 heteroatoms. The summed E-state index contributed by atoms with van der Waals surface area (Å²) in [5.74, 6) is 0.290. The third-order valence-corrected chi connectivity index (χ3v) is 4.82. The summed E-state index contributed by atoms with van der Waals surface area (Å²) in [4.78, 5) is 11.4. The van der Waals surface area contributed by atoms with E-state index in [0.29, 0.717) is 12.2 Å². The number of carbonyl (C=O) groups excluding carboxylic acids is 1. The van der Waals surface area contributed by atoms with Gasteiger partial charge >= 0.3 is 0 Å². The smallest absolute Gasteiger partial charge is 0.156 e. The second-order valence-corrected chi connectivity index (χ2v) is 12.0. The van der Waals surface area contributed by atoms with E-state index < -0.39 is 8.07 Å². The summed E-state index contributed by atoms with van der Waals surface area (Å²) < 4.78 is 0. The highest BCUT2D eigenvalue weighted by Gasteiger charge is 2.32. The maximum Gasteiger partial charge on any atom is 0.156 e. The molecule has 0 amide bonds. The lowest BCUT2D eigenvalue weighted by atomic mass is 9.81. The molecule has 0 radical (unpaired) electrons. The van der Waals surface area contributed by atoms with E-state index in [-0.39, 0.29) is 5.41 Å². The molecule has 0 heterocycles. The van der Waals surface area contributed by atoms with Crippen LogP contribution in [0, 0.1) is 5.41 Å². The van der Waals surface area contributed by atoms with Crippen molar-refractivity contribution in [2.45, 2.75) is 52.4 Å². The summed E-state index contributed by atoms with van der Waals surface area (Å²) >= 11 is 0. The zero-order valence-corrected chi connectivity index (χ0v) is 12.3. The van der Waals surface area contributed by atoms with Crippen molar-refractivity contribution in [2.24, 2.45) is 5.41 Å². The minimum Gasteiger partial charge on any atom is -0.295 e. The van der Waals surface area contributed by atoms with Crippen molar-refractivity contribution in [3.8, 4) is 0 Å². The van der Waals surface area contributed by atoms with Crippen LogP contribution in [-0.4, -0.2) is 13.9 Å². The lowest BCUT2D eigenvalue weighted by Crippen LogP contribution is -2.18. The molecule has 1 rings (SSSR count). The maximum absolute atomic E-state index is 11.4. The van der Waals surface area contributed by atoms with E-state index in [2.05, 4.69) is 45.6 Å². The molecule has 0 aromatic carbocycles. The molecular weight excluding hydrogens is 212 g/mol. The van der Waals surface area contributed by atoms with Crippen molar-refractivity contribution in [1.82, 2.24) is 0 Å². The minimum atomic E-state index is -0.957. The summed E-state index contributed by atoms with van der Waals surface area (Å²) in [7, 11) is -0.957. The molecule has 0 aromatic rings. The van der Waals surface area contributed by atoms with Crippen molar-refractivity contribution in [3.05, 3.63) is 23.8 Å². The van der Waals surface area contributed by atoms with Crippen LogP contribution in [0.4, 0.5) is 0 Å². The van der Waals surface area contributed by atoms with Gasteiger partial charge in [-0.3, -0.25) is 4.79 Å². The van der Waals surface area contributed by atoms with Crippen molar-refractivity contribution >= 4 is 13.9 Å². The first-order valence-corrected chi connectivity index (χ1v) is 9.80. The molecule has 0 saturated heterocycles. The van der Waals surface area contributed by atoms with E-state index in [1.54, 1.807) is 0 Å². The highest BCUT2D eigenvalue weighted by Crippen LogP contribution is 2.39. The van der Waals surface area contributed by atoms with Gasteiger partial charge in [-0.05, 0) is 30.9 Å². The molecule has 90 valence electrons. The van der Waals surface area contributed by atoms with E-state index >= 15 is 0 Å². The fourth-order valence-electron chi connectivity index (χ4n) is 2.00. The highest BCUT2D eigenvalue weighted by molar-refractivity contribution is 6.76. The van der Waals surface area contributed by atoms with Gasteiger partial charge in [0.15, 0.2) is 5.78 Å². The SMILES string of the molecule is CC1=CC(=O)C[C@]1(C)C/C=C\C[Si](C)(C)C.